The molecule has 1 unspecified atom stereocenters. The molecule has 0 aliphatic rings. The molecule has 0 saturated carbocycles. The Bertz CT molecular complexity index is 314. The molecule has 1 aromatic heterocycles. The van der Waals surface area contributed by atoms with Gasteiger partial charge in [0.25, 0.3) is 0 Å². The molecule has 68 valence electrons. The first kappa shape index (κ1) is 9.69. The predicted octanol–water partition coefficient (Wildman–Crippen LogP) is 1.09. The minimum absolute atomic E-state index is 0.418. The summed E-state index contributed by atoms with van der Waals surface area (Å²) < 4.78 is 0. The number of nitrogens with two attached hydrogens (primary N) is 1. The van der Waals surface area contributed by atoms with Gasteiger partial charge >= 0.3 is 0 Å². The van der Waals surface area contributed by atoms with Crippen LogP contribution in [-0.4, -0.2) is 11.5 Å². The topological polar surface area (TPSA) is 62.7 Å². The van der Waals surface area contributed by atoms with E-state index in [-0.39, 0.29) is 0 Å². The Balaban J connectivity index is 2.73. The van der Waals surface area contributed by atoms with Gasteiger partial charge < -0.3 is 5.73 Å². The van der Waals surface area contributed by atoms with Crippen LogP contribution in [0.4, 0.5) is 0 Å². The van der Waals surface area contributed by atoms with Gasteiger partial charge in [-0.1, -0.05) is 13.0 Å². The lowest BCUT2D eigenvalue weighted by atomic mass is 10.1. The maximum absolute atomic E-state index is 8.62. The molecule has 0 amide bonds. The smallest absolute Gasteiger partial charge is 0.140 e. The van der Waals surface area contributed by atoms with Crippen molar-refractivity contribution in [2.24, 2.45) is 11.7 Å². The van der Waals surface area contributed by atoms with E-state index in [0.717, 1.165) is 12.1 Å². The number of nitrogens with zero attached hydrogens (tertiary/aromatic N) is 2. The third kappa shape index (κ3) is 2.85. The van der Waals surface area contributed by atoms with Crippen LogP contribution in [-0.2, 0) is 6.42 Å². The van der Waals surface area contributed by atoms with E-state index in [1.807, 2.05) is 18.2 Å². The van der Waals surface area contributed by atoms with Crippen molar-refractivity contribution in [1.29, 1.82) is 5.26 Å². The van der Waals surface area contributed by atoms with E-state index in [1.54, 1.807) is 6.07 Å². The maximum Gasteiger partial charge on any atom is 0.140 e. The normalized spacial score (nSPS) is 12.1. The van der Waals surface area contributed by atoms with Crippen LogP contribution in [0.1, 0.15) is 18.3 Å². The second-order valence-corrected chi connectivity index (χ2v) is 3.17. The van der Waals surface area contributed by atoms with Crippen molar-refractivity contribution in [3.63, 3.8) is 0 Å². The first-order valence-electron chi connectivity index (χ1n) is 4.32. The molecule has 1 rings (SSSR count). The van der Waals surface area contributed by atoms with Gasteiger partial charge in [0.1, 0.15) is 11.8 Å². The first-order chi connectivity index (χ1) is 6.26. The molecule has 0 aliphatic carbocycles. The third-order valence-corrected chi connectivity index (χ3v) is 1.88. The Morgan fingerprint density at radius 3 is 3.00 bits per heavy atom. The summed E-state index contributed by atoms with van der Waals surface area (Å²) >= 11 is 0. The van der Waals surface area contributed by atoms with E-state index in [9.17, 15) is 0 Å². The van der Waals surface area contributed by atoms with Gasteiger partial charge in [-0.3, -0.25) is 0 Å². The van der Waals surface area contributed by atoms with E-state index < -0.39 is 0 Å². The zero-order valence-corrected chi connectivity index (χ0v) is 7.70. The fraction of sp³-hybridized carbons (Fsp3) is 0.400. The molecule has 0 radical (unpaired) electrons. The second kappa shape index (κ2) is 4.58. The molecule has 0 fully saturated rings. The Labute approximate surface area is 78.2 Å². The summed E-state index contributed by atoms with van der Waals surface area (Å²) in [5, 5.41) is 8.62. The van der Waals surface area contributed by atoms with Gasteiger partial charge in [-0.2, -0.15) is 5.26 Å². The lowest BCUT2D eigenvalue weighted by Crippen LogP contribution is -2.13. The van der Waals surface area contributed by atoms with Crippen molar-refractivity contribution in [2.75, 3.05) is 6.54 Å². The van der Waals surface area contributed by atoms with Crippen LogP contribution < -0.4 is 5.73 Å². The number of aromatic nitrogens is 1. The van der Waals surface area contributed by atoms with Crippen LogP contribution in [0.3, 0.4) is 0 Å². The van der Waals surface area contributed by atoms with Gasteiger partial charge in [-0.25, -0.2) is 4.98 Å². The number of hydrogen-bond acceptors (Lipinski definition) is 3. The van der Waals surface area contributed by atoms with Gasteiger partial charge in [-0.15, -0.1) is 0 Å². The predicted molar refractivity (Wildman–Crippen MR) is 50.9 cm³/mol. The Morgan fingerprint density at radius 2 is 2.38 bits per heavy atom. The zero-order chi connectivity index (χ0) is 9.68. The minimum atomic E-state index is 0.418. The minimum Gasteiger partial charge on any atom is -0.330 e. The summed E-state index contributed by atoms with van der Waals surface area (Å²) in [6.07, 6.45) is 0.839. The van der Waals surface area contributed by atoms with Crippen LogP contribution in [0.5, 0.6) is 0 Å². The summed E-state index contributed by atoms with van der Waals surface area (Å²) in [6, 6.07) is 7.50. The quantitative estimate of drug-likeness (QED) is 0.748. The van der Waals surface area contributed by atoms with Crippen LogP contribution in [0.2, 0.25) is 0 Å². The molecule has 1 aromatic rings. The summed E-state index contributed by atoms with van der Waals surface area (Å²) in [6.45, 7) is 2.72. The standard InChI is InChI=1S/C10H13N3/c1-8(6-11)5-9-3-2-4-10(7-12)13-9/h2-4,8H,5-6,11H2,1H3. The molecule has 3 nitrogen and oxygen atoms in total. The van der Waals surface area contributed by atoms with Crippen LogP contribution in [0.25, 0.3) is 0 Å². The molecule has 0 bridgehead atoms. The highest BCUT2D eigenvalue weighted by Crippen LogP contribution is 2.05. The average molecular weight is 175 g/mol. The molecule has 1 heterocycles. The summed E-state index contributed by atoms with van der Waals surface area (Å²) in [7, 11) is 0. The van der Waals surface area contributed by atoms with E-state index in [4.69, 9.17) is 11.0 Å². The second-order valence-electron chi connectivity index (χ2n) is 3.17. The number of hydrogen-bond donors (Lipinski definition) is 1. The maximum atomic E-state index is 8.62. The Hall–Kier alpha value is -1.40. The van der Waals surface area contributed by atoms with Crippen molar-refractivity contribution in [1.82, 2.24) is 4.98 Å². The first-order valence-corrected chi connectivity index (χ1v) is 4.32. The molecular weight excluding hydrogens is 162 g/mol. The highest BCUT2D eigenvalue weighted by molar-refractivity contribution is 5.22. The van der Waals surface area contributed by atoms with E-state index in [1.165, 1.54) is 0 Å². The number of nitriles is 1. The van der Waals surface area contributed by atoms with Gasteiger partial charge in [-0.05, 0) is 31.0 Å². The molecular formula is C10H13N3. The average Bonchev–Trinajstić information content (AvgIpc) is 2.18. The number of pyridine rings is 1. The van der Waals surface area contributed by atoms with Gasteiger partial charge in [0.15, 0.2) is 0 Å². The fourth-order valence-electron chi connectivity index (χ4n) is 1.10. The summed E-state index contributed by atoms with van der Waals surface area (Å²) in [5.41, 5.74) is 6.91. The van der Waals surface area contributed by atoms with Gasteiger partial charge in [0, 0.05) is 5.69 Å². The van der Waals surface area contributed by atoms with Gasteiger partial charge in [0.2, 0.25) is 0 Å². The fourth-order valence-corrected chi connectivity index (χ4v) is 1.10. The van der Waals surface area contributed by atoms with Crippen molar-refractivity contribution >= 4 is 0 Å². The zero-order valence-electron chi connectivity index (χ0n) is 7.70. The summed E-state index contributed by atoms with van der Waals surface area (Å²) in [4.78, 5) is 4.16. The monoisotopic (exact) mass is 175 g/mol. The Morgan fingerprint density at radius 1 is 1.62 bits per heavy atom. The molecule has 0 aromatic carbocycles. The third-order valence-electron chi connectivity index (χ3n) is 1.88. The van der Waals surface area contributed by atoms with Crippen molar-refractivity contribution in [3.05, 3.63) is 29.6 Å². The van der Waals surface area contributed by atoms with Crippen molar-refractivity contribution in [2.45, 2.75) is 13.3 Å². The van der Waals surface area contributed by atoms with Crippen LogP contribution >= 0.6 is 0 Å². The van der Waals surface area contributed by atoms with E-state index in [2.05, 4.69) is 11.9 Å². The van der Waals surface area contributed by atoms with E-state index in [0.29, 0.717) is 18.2 Å². The molecule has 0 aliphatic heterocycles. The van der Waals surface area contributed by atoms with Gasteiger partial charge in [0.05, 0.1) is 0 Å². The lowest BCUT2D eigenvalue weighted by molar-refractivity contribution is 0.584. The number of rotatable bonds is 3. The molecule has 2 N–H and O–H groups in total. The highest BCUT2D eigenvalue weighted by Gasteiger charge is 2.02. The lowest BCUT2D eigenvalue weighted by Gasteiger charge is -2.06. The molecule has 13 heavy (non-hydrogen) atoms. The van der Waals surface area contributed by atoms with Crippen LogP contribution in [0.15, 0.2) is 18.2 Å². The molecule has 1 atom stereocenters. The molecule has 0 spiro atoms. The molecule has 3 heteroatoms. The summed E-state index contributed by atoms with van der Waals surface area (Å²) in [5.74, 6) is 0.418. The highest BCUT2D eigenvalue weighted by atomic mass is 14.7. The van der Waals surface area contributed by atoms with Crippen molar-refractivity contribution in [3.8, 4) is 6.07 Å². The van der Waals surface area contributed by atoms with E-state index >= 15 is 0 Å². The Kier molecular flexibility index (Phi) is 3.41. The van der Waals surface area contributed by atoms with Crippen molar-refractivity contribution < 1.29 is 0 Å². The molecule has 0 saturated heterocycles. The largest absolute Gasteiger partial charge is 0.330 e. The SMILES string of the molecule is CC(CN)Cc1cccc(C#N)n1. The van der Waals surface area contributed by atoms with Crippen LogP contribution in [0, 0.1) is 17.2 Å².